The summed E-state index contributed by atoms with van der Waals surface area (Å²) in [7, 11) is 0. The molecule has 1 saturated heterocycles. The minimum atomic E-state index is -0.119. The second-order valence-corrected chi connectivity index (χ2v) is 6.22. The van der Waals surface area contributed by atoms with Crippen LogP contribution in [-0.4, -0.2) is 53.5 Å². The Hall–Kier alpha value is -1.30. The van der Waals surface area contributed by atoms with E-state index in [9.17, 15) is 10.2 Å². The number of ether oxygens (including phenoxy) is 1. The number of phenolic OH excluding ortho intramolecular Hbond substituents is 2. The molecule has 1 aliphatic heterocycles. The molecule has 118 valence electrons. The molecule has 0 amide bonds. The summed E-state index contributed by atoms with van der Waals surface area (Å²) in [6.45, 7) is 10.5. The summed E-state index contributed by atoms with van der Waals surface area (Å²) in [6.07, 6.45) is 0. The predicted octanol–water partition coefficient (Wildman–Crippen LogP) is 1.86. The van der Waals surface area contributed by atoms with Gasteiger partial charge in [-0.25, -0.2) is 0 Å². The molecule has 1 unspecified atom stereocenters. The van der Waals surface area contributed by atoms with Crippen LogP contribution in [0.4, 0.5) is 0 Å². The first-order chi connectivity index (χ1) is 9.92. The largest absolute Gasteiger partial charge is 0.507 e. The van der Waals surface area contributed by atoms with Crippen molar-refractivity contribution in [3.8, 4) is 11.5 Å². The van der Waals surface area contributed by atoms with Crippen LogP contribution in [0.15, 0.2) is 18.2 Å². The third-order valence-corrected chi connectivity index (χ3v) is 4.20. The quantitative estimate of drug-likeness (QED) is 0.773. The zero-order chi connectivity index (χ0) is 15.5. The van der Waals surface area contributed by atoms with E-state index in [4.69, 9.17) is 4.74 Å². The van der Waals surface area contributed by atoms with Crippen molar-refractivity contribution in [1.82, 2.24) is 10.2 Å². The highest BCUT2D eigenvalue weighted by atomic mass is 16.5. The highest BCUT2D eigenvalue weighted by Crippen LogP contribution is 2.32. The Bertz CT molecular complexity index is 450. The molecule has 21 heavy (non-hydrogen) atoms. The Morgan fingerprint density at radius 1 is 1.24 bits per heavy atom. The van der Waals surface area contributed by atoms with Crippen molar-refractivity contribution in [3.05, 3.63) is 23.8 Å². The molecule has 0 saturated carbocycles. The van der Waals surface area contributed by atoms with Crippen molar-refractivity contribution >= 4 is 0 Å². The number of hydrogen-bond donors (Lipinski definition) is 3. The molecule has 0 aliphatic carbocycles. The van der Waals surface area contributed by atoms with E-state index >= 15 is 0 Å². The van der Waals surface area contributed by atoms with Crippen molar-refractivity contribution < 1.29 is 14.9 Å². The Balaban J connectivity index is 1.98. The summed E-state index contributed by atoms with van der Waals surface area (Å²) in [5.74, 6) is 0.248. The maximum absolute atomic E-state index is 9.91. The lowest BCUT2D eigenvalue weighted by Crippen LogP contribution is -2.54. The van der Waals surface area contributed by atoms with Gasteiger partial charge in [0.1, 0.15) is 11.5 Å². The Morgan fingerprint density at radius 3 is 2.38 bits per heavy atom. The molecule has 1 atom stereocenters. The Kier molecular flexibility index (Phi) is 5.08. The number of nitrogens with one attached hydrogen (secondary N) is 1. The van der Waals surface area contributed by atoms with Crippen LogP contribution in [0.2, 0.25) is 0 Å². The van der Waals surface area contributed by atoms with Crippen LogP contribution < -0.4 is 5.32 Å². The maximum atomic E-state index is 9.91. The van der Waals surface area contributed by atoms with Crippen LogP contribution >= 0.6 is 0 Å². The van der Waals surface area contributed by atoms with Crippen molar-refractivity contribution in [3.63, 3.8) is 0 Å². The molecule has 1 aromatic carbocycles. The van der Waals surface area contributed by atoms with E-state index in [2.05, 4.69) is 24.1 Å². The molecule has 5 nitrogen and oxygen atoms in total. The van der Waals surface area contributed by atoms with Gasteiger partial charge in [-0.1, -0.05) is 6.07 Å². The number of hydrogen-bond acceptors (Lipinski definition) is 5. The van der Waals surface area contributed by atoms with E-state index < -0.39 is 0 Å². The fraction of sp³-hybridized carbons (Fsp3) is 0.625. The zero-order valence-electron chi connectivity index (χ0n) is 13.1. The van der Waals surface area contributed by atoms with Crippen LogP contribution in [0.1, 0.15) is 32.4 Å². The fourth-order valence-corrected chi connectivity index (χ4v) is 2.77. The molecule has 1 fully saturated rings. The second kappa shape index (κ2) is 6.64. The van der Waals surface area contributed by atoms with E-state index in [1.807, 2.05) is 6.92 Å². The highest BCUT2D eigenvalue weighted by Gasteiger charge is 2.29. The van der Waals surface area contributed by atoms with Crippen molar-refractivity contribution in [2.75, 3.05) is 32.8 Å². The van der Waals surface area contributed by atoms with Gasteiger partial charge in [0.2, 0.25) is 0 Å². The minimum absolute atomic E-state index is 0.00193. The minimum Gasteiger partial charge on any atom is -0.507 e. The number of benzene rings is 1. The number of nitrogens with zero attached hydrogens (tertiary/aromatic N) is 1. The van der Waals surface area contributed by atoms with E-state index in [1.165, 1.54) is 0 Å². The molecule has 1 aromatic rings. The van der Waals surface area contributed by atoms with Crippen LogP contribution in [0.25, 0.3) is 0 Å². The molecule has 0 spiro atoms. The summed E-state index contributed by atoms with van der Waals surface area (Å²) in [5, 5.41) is 23.2. The van der Waals surface area contributed by atoms with Crippen molar-refractivity contribution in [2.24, 2.45) is 0 Å². The Labute approximate surface area is 126 Å². The standard InChI is InChI=1S/C16H26N2O3/c1-12(15-13(19)5-4-6-14(15)20)17-11-16(2,3)18-7-9-21-10-8-18/h4-6,12,17,19-20H,7-11H2,1-3H3. The molecular weight excluding hydrogens is 268 g/mol. The SMILES string of the molecule is CC(NCC(C)(C)N1CCOCC1)c1c(O)cccc1O. The van der Waals surface area contributed by atoms with Gasteiger partial charge in [-0.05, 0) is 32.9 Å². The van der Waals surface area contributed by atoms with Crippen LogP contribution in [0.3, 0.4) is 0 Å². The molecule has 1 heterocycles. The third-order valence-electron chi connectivity index (χ3n) is 4.20. The highest BCUT2D eigenvalue weighted by molar-refractivity contribution is 5.44. The van der Waals surface area contributed by atoms with Gasteiger partial charge >= 0.3 is 0 Å². The van der Waals surface area contributed by atoms with E-state index in [0.29, 0.717) is 5.56 Å². The number of morpholine rings is 1. The number of rotatable bonds is 5. The van der Waals surface area contributed by atoms with Gasteiger partial charge in [0.25, 0.3) is 0 Å². The average Bonchev–Trinajstić information content (AvgIpc) is 2.46. The smallest absolute Gasteiger partial charge is 0.124 e. The summed E-state index contributed by atoms with van der Waals surface area (Å²) >= 11 is 0. The second-order valence-electron chi connectivity index (χ2n) is 6.22. The van der Waals surface area contributed by atoms with Crippen molar-refractivity contribution in [1.29, 1.82) is 0 Å². The summed E-state index contributed by atoms with van der Waals surface area (Å²) in [5.41, 5.74) is 0.549. The zero-order valence-corrected chi connectivity index (χ0v) is 13.1. The first-order valence-corrected chi connectivity index (χ1v) is 7.49. The predicted molar refractivity (Wildman–Crippen MR) is 82.7 cm³/mol. The Morgan fingerprint density at radius 2 is 1.81 bits per heavy atom. The van der Waals surface area contributed by atoms with Gasteiger partial charge < -0.3 is 20.3 Å². The van der Waals surface area contributed by atoms with Gasteiger partial charge in [-0.3, -0.25) is 4.90 Å². The van der Waals surface area contributed by atoms with E-state index in [-0.39, 0.29) is 23.1 Å². The lowest BCUT2D eigenvalue weighted by molar-refractivity contribution is -0.0102. The van der Waals surface area contributed by atoms with Gasteiger partial charge in [0.05, 0.1) is 18.8 Å². The molecule has 0 bridgehead atoms. The van der Waals surface area contributed by atoms with Gasteiger partial charge in [0, 0.05) is 31.2 Å². The fourth-order valence-electron chi connectivity index (χ4n) is 2.77. The number of phenols is 2. The molecule has 3 N–H and O–H groups in total. The molecule has 0 aromatic heterocycles. The van der Waals surface area contributed by atoms with E-state index in [0.717, 1.165) is 32.8 Å². The summed E-state index contributed by atoms with van der Waals surface area (Å²) in [4.78, 5) is 2.40. The maximum Gasteiger partial charge on any atom is 0.124 e. The molecule has 0 radical (unpaired) electrons. The third kappa shape index (κ3) is 3.87. The van der Waals surface area contributed by atoms with Gasteiger partial charge in [0.15, 0.2) is 0 Å². The lowest BCUT2D eigenvalue weighted by Gasteiger charge is -2.41. The van der Waals surface area contributed by atoms with Gasteiger partial charge in [-0.15, -0.1) is 0 Å². The first-order valence-electron chi connectivity index (χ1n) is 7.49. The topological polar surface area (TPSA) is 65.0 Å². The molecule has 5 heteroatoms. The lowest BCUT2D eigenvalue weighted by atomic mass is 10.00. The monoisotopic (exact) mass is 294 g/mol. The van der Waals surface area contributed by atoms with Crippen LogP contribution in [0.5, 0.6) is 11.5 Å². The molecular formula is C16H26N2O3. The van der Waals surface area contributed by atoms with Gasteiger partial charge in [-0.2, -0.15) is 0 Å². The molecule has 1 aliphatic rings. The average molecular weight is 294 g/mol. The summed E-state index contributed by atoms with van der Waals surface area (Å²) < 4.78 is 5.39. The van der Waals surface area contributed by atoms with E-state index in [1.54, 1.807) is 18.2 Å². The normalized spacial score (nSPS) is 18.6. The first kappa shape index (κ1) is 16.1. The molecule has 2 rings (SSSR count). The summed E-state index contributed by atoms with van der Waals surface area (Å²) in [6, 6.07) is 4.71. The van der Waals surface area contributed by atoms with Crippen molar-refractivity contribution in [2.45, 2.75) is 32.4 Å². The van der Waals surface area contributed by atoms with Crippen LogP contribution in [0, 0.1) is 0 Å². The number of aromatic hydroxyl groups is 2. The van der Waals surface area contributed by atoms with Crippen LogP contribution in [-0.2, 0) is 4.74 Å².